The summed E-state index contributed by atoms with van der Waals surface area (Å²) in [6.45, 7) is 0.489. The van der Waals surface area contributed by atoms with Gasteiger partial charge in [-0.3, -0.25) is 4.68 Å². The molecule has 1 saturated carbocycles. The van der Waals surface area contributed by atoms with Crippen molar-refractivity contribution in [1.82, 2.24) is 9.78 Å². The van der Waals surface area contributed by atoms with Gasteiger partial charge in [-0.05, 0) is 34.7 Å². The molecule has 1 atom stereocenters. The zero-order valence-corrected chi connectivity index (χ0v) is 13.2. The highest BCUT2D eigenvalue weighted by Crippen LogP contribution is 2.34. The second kappa shape index (κ2) is 7.26. The van der Waals surface area contributed by atoms with Crippen LogP contribution in [0.1, 0.15) is 42.2 Å². The van der Waals surface area contributed by atoms with Crippen molar-refractivity contribution in [1.29, 1.82) is 0 Å². The third-order valence-electron chi connectivity index (χ3n) is 3.60. The zero-order valence-electron chi connectivity index (χ0n) is 10.8. The van der Waals surface area contributed by atoms with Gasteiger partial charge >= 0.3 is 5.97 Å². The van der Waals surface area contributed by atoms with Gasteiger partial charge in [0.25, 0.3) is 0 Å². The number of ether oxygens (including phenoxy) is 1. The summed E-state index contributed by atoms with van der Waals surface area (Å²) in [5.41, 5.74) is 6.34. The van der Waals surface area contributed by atoms with Crippen molar-refractivity contribution in [2.75, 3.05) is 13.7 Å². The number of nitrogens with zero attached hydrogens (tertiary/aromatic N) is 2. The Kier molecular flexibility index (Phi) is 6.29. The lowest BCUT2D eigenvalue weighted by Gasteiger charge is -2.23. The van der Waals surface area contributed by atoms with E-state index in [4.69, 9.17) is 10.5 Å². The van der Waals surface area contributed by atoms with Crippen LogP contribution >= 0.6 is 28.3 Å². The van der Waals surface area contributed by atoms with Crippen LogP contribution in [0.15, 0.2) is 10.7 Å². The van der Waals surface area contributed by atoms with Crippen LogP contribution in [0.2, 0.25) is 0 Å². The molecule has 1 aliphatic carbocycles. The average molecular weight is 353 g/mol. The molecular weight excluding hydrogens is 334 g/mol. The molecule has 1 unspecified atom stereocenters. The van der Waals surface area contributed by atoms with Gasteiger partial charge in [0.2, 0.25) is 0 Å². The Morgan fingerprint density at radius 1 is 1.63 bits per heavy atom. The second-order valence-electron chi connectivity index (χ2n) is 4.64. The highest BCUT2D eigenvalue weighted by atomic mass is 79.9. The largest absolute Gasteiger partial charge is 0.464 e. The maximum absolute atomic E-state index is 11.7. The quantitative estimate of drug-likeness (QED) is 0.845. The lowest BCUT2D eigenvalue weighted by molar-refractivity contribution is 0.0580. The van der Waals surface area contributed by atoms with Crippen LogP contribution in [0.4, 0.5) is 0 Å². The topological polar surface area (TPSA) is 70.1 Å². The molecule has 1 heterocycles. The molecule has 19 heavy (non-hydrogen) atoms. The summed E-state index contributed by atoms with van der Waals surface area (Å²) in [6.07, 6.45) is 4.77. The Labute approximate surface area is 127 Å². The first-order chi connectivity index (χ1) is 8.67. The number of carbonyl (C=O) groups excluding carboxylic acids is 1. The van der Waals surface area contributed by atoms with E-state index in [1.807, 2.05) is 0 Å². The molecular formula is C12H19BrClN3O2. The summed E-state index contributed by atoms with van der Waals surface area (Å²) >= 11 is 3.31. The molecule has 1 fully saturated rings. The first-order valence-corrected chi connectivity index (χ1v) is 7.00. The Morgan fingerprint density at radius 2 is 2.26 bits per heavy atom. The zero-order chi connectivity index (χ0) is 13.1. The number of esters is 1. The maximum Gasteiger partial charge on any atom is 0.356 e. The Hall–Kier alpha value is -0.590. The molecule has 0 bridgehead atoms. The summed E-state index contributed by atoms with van der Waals surface area (Å²) in [6, 6.07) is 1.76. The molecule has 0 saturated heterocycles. The molecule has 0 spiro atoms. The number of hydrogen-bond acceptors (Lipinski definition) is 4. The number of carbonyl (C=O) groups is 1. The molecule has 0 aliphatic heterocycles. The van der Waals surface area contributed by atoms with Crippen LogP contribution in [-0.4, -0.2) is 29.4 Å². The van der Waals surface area contributed by atoms with E-state index in [0.717, 1.165) is 12.8 Å². The van der Waals surface area contributed by atoms with E-state index in [-0.39, 0.29) is 24.4 Å². The van der Waals surface area contributed by atoms with Gasteiger partial charge in [0.15, 0.2) is 0 Å². The fourth-order valence-electron chi connectivity index (χ4n) is 2.71. The third-order valence-corrected chi connectivity index (χ3v) is 3.99. The van der Waals surface area contributed by atoms with Gasteiger partial charge in [0, 0.05) is 12.6 Å². The van der Waals surface area contributed by atoms with E-state index in [1.165, 1.54) is 20.0 Å². The minimum absolute atomic E-state index is 0. The molecule has 2 N–H and O–H groups in total. The Balaban J connectivity index is 0.00000180. The van der Waals surface area contributed by atoms with Crippen LogP contribution in [0, 0.1) is 5.92 Å². The van der Waals surface area contributed by atoms with Gasteiger partial charge in [-0.15, -0.1) is 12.4 Å². The van der Waals surface area contributed by atoms with Crippen LogP contribution < -0.4 is 5.73 Å². The van der Waals surface area contributed by atoms with Gasteiger partial charge in [-0.2, -0.15) is 5.10 Å². The Bertz CT molecular complexity index is 433. The van der Waals surface area contributed by atoms with Crippen LogP contribution in [0.5, 0.6) is 0 Å². The predicted octanol–water partition coefficient (Wildman–Crippen LogP) is 2.54. The highest BCUT2D eigenvalue weighted by molar-refractivity contribution is 9.10. The van der Waals surface area contributed by atoms with E-state index in [0.29, 0.717) is 22.8 Å². The minimum atomic E-state index is -0.371. The first-order valence-electron chi connectivity index (χ1n) is 6.20. The lowest BCUT2D eigenvalue weighted by Crippen LogP contribution is -2.29. The van der Waals surface area contributed by atoms with Crippen LogP contribution in [-0.2, 0) is 4.74 Å². The summed E-state index contributed by atoms with van der Waals surface area (Å²) in [5.74, 6) is 0.134. The summed E-state index contributed by atoms with van der Waals surface area (Å²) in [5, 5.41) is 4.35. The standard InChI is InChI=1S/C12H18BrN3O2.ClH/c1-18-12(17)9-6-11(13)15-16(9)10(7-14)8-4-2-3-5-8;/h6,8,10H,2-5,7,14H2,1H3;1H. The number of rotatable bonds is 4. The molecule has 1 aliphatic rings. The van der Waals surface area contributed by atoms with E-state index in [2.05, 4.69) is 21.0 Å². The molecule has 7 heteroatoms. The molecule has 1 aromatic heterocycles. The maximum atomic E-state index is 11.7. The molecule has 0 radical (unpaired) electrons. The summed E-state index contributed by atoms with van der Waals surface area (Å²) in [7, 11) is 1.38. The van der Waals surface area contributed by atoms with Gasteiger partial charge in [0.1, 0.15) is 10.3 Å². The van der Waals surface area contributed by atoms with Gasteiger partial charge in [-0.1, -0.05) is 12.8 Å². The second-order valence-corrected chi connectivity index (χ2v) is 5.45. The van der Waals surface area contributed by atoms with E-state index in [1.54, 1.807) is 10.7 Å². The van der Waals surface area contributed by atoms with Gasteiger partial charge < -0.3 is 10.5 Å². The number of hydrogen-bond donors (Lipinski definition) is 1. The van der Waals surface area contributed by atoms with E-state index in [9.17, 15) is 4.79 Å². The molecule has 5 nitrogen and oxygen atoms in total. The molecule has 108 valence electrons. The molecule has 2 rings (SSSR count). The SMILES string of the molecule is COC(=O)c1cc(Br)nn1C(CN)C1CCCC1.Cl. The van der Waals surface area contributed by atoms with Crippen molar-refractivity contribution >= 4 is 34.3 Å². The fourth-order valence-corrected chi connectivity index (χ4v) is 3.10. The van der Waals surface area contributed by atoms with Crippen molar-refractivity contribution in [3.05, 3.63) is 16.4 Å². The van der Waals surface area contributed by atoms with Crippen molar-refractivity contribution in [2.45, 2.75) is 31.7 Å². The lowest BCUT2D eigenvalue weighted by atomic mass is 9.98. The minimum Gasteiger partial charge on any atom is -0.464 e. The van der Waals surface area contributed by atoms with Crippen LogP contribution in [0.25, 0.3) is 0 Å². The van der Waals surface area contributed by atoms with Crippen molar-refractivity contribution in [2.24, 2.45) is 11.7 Å². The van der Waals surface area contributed by atoms with Crippen molar-refractivity contribution in [3.63, 3.8) is 0 Å². The predicted molar refractivity (Wildman–Crippen MR) is 78.6 cm³/mol. The Morgan fingerprint density at radius 3 is 2.79 bits per heavy atom. The van der Waals surface area contributed by atoms with Crippen LogP contribution in [0.3, 0.4) is 0 Å². The summed E-state index contributed by atoms with van der Waals surface area (Å²) in [4.78, 5) is 11.7. The highest BCUT2D eigenvalue weighted by Gasteiger charge is 2.29. The van der Waals surface area contributed by atoms with E-state index >= 15 is 0 Å². The fraction of sp³-hybridized carbons (Fsp3) is 0.667. The van der Waals surface area contributed by atoms with Crippen molar-refractivity contribution < 1.29 is 9.53 Å². The number of halogens is 2. The first kappa shape index (κ1) is 16.5. The van der Waals surface area contributed by atoms with Crippen molar-refractivity contribution in [3.8, 4) is 0 Å². The molecule has 1 aromatic rings. The molecule has 0 aromatic carbocycles. The normalized spacial score (nSPS) is 17.0. The van der Waals surface area contributed by atoms with Gasteiger partial charge in [0.05, 0.1) is 13.2 Å². The van der Waals surface area contributed by atoms with E-state index < -0.39 is 0 Å². The smallest absolute Gasteiger partial charge is 0.356 e. The molecule has 0 amide bonds. The monoisotopic (exact) mass is 351 g/mol. The number of methoxy groups -OCH3 is 1. The van der Waals surface area contributed by atoms with Gasteiger partial charge in [-0.25, -0.2) is 4.79 Å². The number of aromatic nitrogens is 2. The third kappa shape index (κ3) is 3.49. The summed E-state index contributed by atoms with van der Waals surface area (Å²) < 4.78 is 7.15. The number of nitrogens with two attached hydrogens (primary N) is 1. The average Bonchev–Trinajstić information content (AvgIpc) is 3.00.